The molecular weight excluding hydrogens is 433 g/mol. The summed E-state index contributed by atoms with van der Waals surface area (Å²) in [6.45, 7) is 1.00. The molecule has 1 atom stereocenters. The van der Waals surface area contributed by atoms with E-state index >= 15 is 0 Å². The van der Waals surface area contributed by atoms with Gasteiger partial charge in [0.15, 0.2) is 0 Å². The van der Waals surface area contributed by atoms with Crippen LogP contribution in [0, 0.1) is 0 Å². The minimum atomic E-state index is -4.45. The van der Waals surface area contributed by atoms with Crippen LogP contribution in [-0.4, -0.2) is 25.2 Å². The summed E-state index contributed by atoms with van der Waals surface area (Å²) < 4.78 is 49.8. The van der Waals surface area contributed by atoms with Gasteiger partial charge in [-0.2, -0.15) is 13.2 Å². The Kier molecular flexibility index (Phi) is 6.02. The van der Waals surface area contributed by atoms with Gasteiger partial charge in [0.05, 0.1) is 17.4 Å². The Morgan fingerprint density at radius 2 is 1.94 bits per heavy atom. The smallest absolute Gasteiger partial charge is 0.416 e. The summed E-state index contributed by atoms with van der Waals surface area (Å²) in [4.78, 5) is 17.1. The highest BCUT2D eigenvalue weighted by Crippen LogP contribution is 2.30. The molecule has 1 amide bonds. The van der Waals surface area contributed by atoms with Gasteiger partial charge in [0.2, 0.25) is 5.55 Å². The second-order valence-corrected chi connectivity index (χ2v) is 7.59. The maximum absolute atomic E-state index is 12.9. The Bertz CT molecular complexity index is 1170. The lowest BCUT2D eigenvalue weighted by molar-refractivity contribution is -0.137. The molecular formula is C22H18ClF3N2O3. The van der Waals surface area contributed by atoms with Crippen molar-refractivity contribution in [2.24, 2.45) is 4.99 Å². The van der Waals surface area contributed by atoms with Crippen LogP contribution in [0.4, 0.5) is 18.9 Å². The molecule has 9 heteroatoms. The average molecular weight is 451 g/mol. The number of nitrogens with zero attached hydrogens (tertiary/aromatic N) is 1. The van der Waals surface area contributed by atoms with Crippen LogP contribution in [0.1, 0.15) is 28.8 Å². The molecule has 3 aromatic rings. The Morgan fingerprint density at radius 3 is 2.61 bits per heavy atom. The molecule has 0 aliphatic carbocycles. The number of hydrogen-bond acceptors (Lipinski definition) is 4. The number of carbonyl (C=O) groups is 1. The fourth-order valence-electron chi connectivity index (χ4n) is 3.30. The quantitative estimate of drug-likeness (QED) is 0.590. The Hall–Kier alpha value is -2.84. The lowest BCUT2D eigenvalue weighted by atomic mass is 10.1. The maximum Gasteiger partial charge on any atom is 0.416 e. The van der Waals surface area contributed by atoms with E-state index in [1.54, 1.807) is 24.3 Å². The Labute approximate surface area is 180 Å². The first-order valence-electron chi connectivity index (χ1n) is 9.65. The van der Waals surface area contributed by atoms with Gasteiger partial charge < -0.3 is 14.5 Å². The van der Waals surface area contributed by atoms with Gasteiger partial charge in [-0.05, 0) is 61.4 Å². The molecule has 4 rings (SSSR count). The molecule has 1 unspecified atom stereocenters. The fourth-order valence-corrected chi connectivity index (χ4v) is 3.48. The van der Waals surface area contributed by atoms with Crippen LogP contribution < -0.4 is 10.9 Å². The van der Waals surface area contributed by atoms with E-state index in [9.17, 15) is 18.0 Å². The molecule has 0 radical (unpaired) electrons. The highest BCUT2D eigenvalue weighted by molar-refractivity contribution is 6.31. The van der Waals surface area contributed by atoms with Crippen molar-refractivity contribution in [2.75, 3.05) is 13.2 Å². The SMILES string of the molecule is O=C(NCC1CCCO1)c1cc2cc(Cl)ccc2oc1=Nc1ccc(C(F)(F)F)cc1. The molecule has 2 aromatic carbocycles. The molecule has 1 aliphatic heterocycles. The molecule has 1 N–H and O–H groups in total. The van der Waals surface area contributed by atoms with Crippen molar-refractivity contribution in [3.05, 3.63) is 70.2 Å². The summed E-state index contributed by atoms with van der Waals surface area (Å²) in [6, 6.07) is 10.8. The van der Waals surface area contributed by atoms with Gasteiger partial charge in [-0.15, -0.1) is 0 Å². The second-order valence-electron chi connectivity index (χ2n) is 7.15. The molecule has 0 saturated carbocycles. The maximum atomic E-state index is 12.9. The molecule has 0 spiro atoms. The predicted octanol–water partition coefficient (Wildman–Crippen LogP) is 5.25. The molecule has 1 saturated heterocycles. The van der Waals surface area contributed by atoms with Gasteiger partial charge in [-0.3, -0.25) is 4.79 Å². The van der Waals surface area contributed by atoms with Crippen LogP contribution in [0.3, 0.4) is 0 Å². The number of hydrogen-bond donors (Lipinski definition) is 1. The van der Waals surface area contributed by atoms with Crippen LogP contribution in [0.15, 0.2) is 57.9 Å². The first-order valence-corrected chi connectivity index (χ1v) is 10.0. The van der Waals surface area contributed by atoms with Gasteiger partial charge in [0.25, 0.3) is 5.91 Å². The van der Waals surface area contributed by atoms with Crippen molar-refractivity contribution >= 4 is 34.2 Å². The summed E-state index contributed by atoms with van der Waals surface area (Å²) in [6.07, 6.45) is -2.69. The molecule has 1 aliphatic rings. The Morgan fingerprint density at radius 1 is 1.16 bits per heavy atom. The van der Waals surface area contributed by atoms with E-state index in [4.69, 9.17) is 20.8 Å². The van der Waals surface area contributed by atoms with E-state index < -0.39 is 17.6 Å². The zero-order valence-electron chi connectivity index (χ0n) is 16.2. The summed E-state index contributed by atoms with van der Waals surface area (Å²) in [5.74, 6) is -0.424. The van der Waals surface area contributed by atoms with E-state index in [0.29, 0.717) is 29.1 Å². The third-order valence-corrected chi connectivity index (χ3v) is 5.13. The van der Waals surface area contributed by atoms with Crippen LogP contribution in [-0.2, 0) is 10.9 Å². The lowest BCUT2D eigenvalue weighted by Gasteiger charge is -2.11. The molecule has 162 valence electrons. The fraction of sp³-hybridized carbons (Fsp3) is 0.273. The third-order valence-electron chi connectivity index (χ3n) is 4.89. The number of fused-ring (bicyclic) bond motifs is 1. The standard InChI is InChI=1S/C22H18ClF3N2O3/c23-15-5-8-19-13(10-15)11-18(20(29)27-12-17-2-1-9-30-17)21(31-19)28-16-6-3-14(4-7-16)22(24,25)26/h3-8,10-11,17H,1-2,9,12H2,(H,27,29). The van der Waals surface area contributed by atoms with Crippen LogP contribution in [0.25, 0.3) is 11.0 Å². The monoisotopic (exact) mass is 450 g/mol. The zero-order chi connectivity index (χ0) is 22.0. The van der Waals surface area contributed by atoms with E-state index in [1.807, 2.05) is 0 Å². The highest BCUT2D eigenvalue weighted by atomic mass is 35.5. The first kappa shape index (κ1) is 21.4. The van der Waals surface area contributed by atoms with Crippen molar-refractivity contribution in [1.29, 1.82) is 0 Å². The van der Waals surface area contributed by atoms with Crippen LogP contribution in [0.5, 0.6) is 0 Å². The highest BCUT2D eigenvalue weighted by Gasteiger charge is 2.30. The lowest BCUT2D eigenvalue weighted by Crippen LogP contribution is -2.34. The number of amides is 1. The van der Waals surface area contributed by atoms with Crippen molar-refractivity contribution in [2.45, 2.75) is 25.1 Å². The molecule has 2 heterocycles. The molecule has 0 bridgehead atoms. The molecule has 5 nitrogen and oxygen atoms in total. The van der Waals surface area contributed by atoms with Crippen molar-refractivity contribution in [3.63, 3.8) is 0 Å². The van der Waals surface area contributed by atoms with Crippen LogP contribution in [0.2, 0.25) is 5.02 Å². The third kappa shape index (κ3) is 5.08. The van der Waals surface area contributed by atoms with Gasteiger partial charge in [-0.1, -0.05) is 11.6 Å². The number of ether oxygens (including phenoxy) is 1. The number of alkyl halides is 3. The normalized spacial score (nSPS) is 17.3. The van der Waals surface area contributed by atoms with Gasteiger partial charge in [0.1, 0.15) is 11.1 Å². The first-order chi connectivity index (χ1) is 14.8. The largest absolute Gasteiger partial charge is 0.438 e. The molecule has 31 heavy (non-hydrogen) atoms. The van der Waals surface area contributed by atoms with E-state index in [0.717, 1.165) is 25.0 Å². The van der Waals surface area contributed by atoms with E-state index in [-0.39, 0.29) is 22.9 Å². The number of nitrogens with one attached hydrogen (secondary N) is 1. The summed E-state index contributed by atoms with van der Waals surface area (Å²) in [5.41, 5.74) is 0.00197. The second kappa shape index (κ2) is 8.72. The van der Waals surface area contributed by atoms with Crippen LogP contribution >= 0.6 is 11.6 Å². The number of carbonyl (C=O) groups excluding carboxylic acids is 1. The van der Waals surface area contributed by atoms with Gasteiger partial charge in [-0.25, -0.2) is 4.99 Å². The number of rotatable bonds is 4. The zero-order valence-corrected chi connectivity index (χ0v) is 17.0. The average Bonchev–Trinajstić information content (AvgIpc) is 3.25. The summed E-state index contributed by atoms with van der Waals surface area (Å²) in [7, 11) is 0. The topological polar surface area (TPSA) is 63.8 Å². The summed E-state index contributed by atoms with van der Waals surface area (Å²) >= 11 is 6.04. The molecule has 1 aromatic heterocycles. The minimum Gasteiger partial charge on any atom is -0.438 e. The van der Waals surface area contributed by atoms with E-state index in [1.165, 1.54) is 12.1 Å². The van der Waals surface area contributed by atoms with Gasteiger partial charge >= 0.3 is 6.18 Å². The number of halogens is 4. The minimum absolute atomic E-state index is 0.0144. The van der Waals surface area contributed by atoms with E-state index in [2.05, 4.69) is 10.3 Å². The van der Waals surface area contributed by atoms with Crippen molar-refractivity contribution in [3.8, 4) is 0 Å². The van der Waals surface area contributed by atoms with Crippen molar-refractivity contribution in [1.82, 2.24) is 5.32 Å². The number of benzene rings is 2. The Balaban J connectivity index is 1.73. The molecule has 1 fully saturated rings. The summed E-state index contributed by atoms with van der Waals surface area (Å²) in [5, 5.41) is 3.88. The predicted molar refractivity (Wildman–Crippen MR) is 109 cm³/mol. The van der Waals surface area contributed by atoms with Gasteiger partial charge in [0, 0.05) is 23.6 Å². The van der Waals surface area contributed by atoms with Crippen molar-refractivity contribution < 1.29 is 27.1 Å².